The average Bonchev–Trinajstić information content (AvgIpc) is 2.73. The van der Waals surface area contributed by atoms with Crippen LogP contribution < -0.4 is 11.1 Å². The molecule has 0 bridgehead atoms. The number of anilines is 1. The average molecular weight is 326 g/mol. The lowest BCUT2D eigenvalue weighted by Gasteiger charge is -2.03. The van der Waals surface area contributed by atoms with Crippen molar-refractivity contribution in [1.29, 1.82) is 0 Å². The topological polar surface area (TPSA) is 89.3 Å². The maximum absolute atomic E-state index is 12.1. The Hall–Kier alpha value is -1.60. The summed E-state index contributed by atoms with van der Waals surface area (Å²) in [5.74, 6) is -0.185. The molecule has 114 valence electrons. The number of thiophene rings is 1. The van der Waals surface area contributed by atoms with E-state index in [2.05, 4.69) is 5.32 Å². The minimum absolute atomic E-state index is 0.0638. The van der Waals surface area contributed by atoms with Gasteiger partial charge in [-0.2, -0.15) is 0 Å². The number of carbonyl (C=O) groups excluding carboxylic acids is 1. The fourth-order valence-corrected chi connectivity index (χ4v) is 3.84. The van der Waals surface area contributed by atoms with Crippen molar-refractivity contribution in [3.63, 3.8) is 0 Å². The number of nitrogens with one attached hydrogen (secondary N) is 1. The van der Waals surface area contributed by atoms with E-state index in [4.69, 9.17) is 5.73 Å². The molecular weight excluding hydrogens is 308 g/mol. The van der Waals surface area contributed by atoms with E-state index in [-0.39, 0.29) is 11.7 Å². The fraction of sp³-hybridized carbons (Fsp3) is 0.357. The van der Waals surface area contributed by atoms with Crippen molar-refractivity contribution in [2.75, 3.05) is 24.3 Å². The highest BCUT2D eigenvalue weighted by atomic mass is 32.2. The number of aryl methyl sites for hydroxylation is 1. The zero-order valence-electron chi connectivity index (χ0n) is 12.0. The molecule has 1 aromatic carbocycles. The molecule has 0 fully saturated rings. The van der Waals surface area contributed by atoms with Crippen molar-refractivity contribution >= 4 is 42.9 Å². The Morgan fingerprint density at radius 2 is 2.10 bits per heavy atom. The van der Waals surface area contributed by atoms with Gasteiger partial charge in [0, 0.05) is 22.9 Å². The van der Waals surface area contributed by atoms with Gasteiger partial charge in [0.2, 0.25) is 0 Å². The predicted octanol–water partition coefficient (Wildman–Crippen LogP) is 1.96. The monoisotopic (exact) mass is 326 g/mol. The molecule has 1 amide bonds. The van der Waals surface area contributed by atoms with E-state index < -0.39 is 9.84 Å². The van der Waals surface area contributed by atoms with Gasteiger partial charge in [-0.05, 0) is 18.9 Å². The van der Waals surface area contributed by atoms with Crippen LogP contribution in [0.25, 0.3) is 10.1 Å². The van der Waals surface area contributed by atoms with Gasteiger partial charge in [0.15, 0.2) is 0 Å². The highest BCUT2D eigenvalue weighted by Crippen LogP contribution is 2.35. The van der Waals surface area contributed by atoms with E-state index in [1.165, 1.54) is 17.6 Å². The molecule has 1 heterocycles. The van der Waals surface area contributed by atoms with E-state index in [9.17, 15) is 13.2 Å². The van der Waals surface area contributed by atoms with Crippen LogP contribution in [0.1, 0.15) is 21.7 Å². The molecule has 0 spiro atoms. The van der Waals surface area contributed by atoms with Crippen molar-refractivity contribution in [3.05, 3.63) is 28.6 Å². The first-order chi connectivity index (χ1) is 9.79. The lowest BCUT2D eigenvalue weighted by molar-refractivity contribution is 0.0958. The van der Waals surface area contributed by atoms with Gasteiger partial charge in [-0.25, -0.2) is 8.42 Å². The van der Waals surface area contributed by atoms with Crippen LogP contribution in [0.5, 0.6) is 0 Å². The van der Waals surface area contributed by atoms with Crippen LogP contribution in [0.3, 0.4) is 0 Å². The molecule has 0 aliphatic heterocycles. The normalized spacial score (nSPS) is 11.7. The number of amides is 1. The summed E-state index contributed by atoms with van der Waals surface area (Å²) in [6, 6.07) is 5.79. The number of fused-ring (bicyclic) bond motifs is 1. The zero-order chi connectivity index (χ0) is 15.6. The van der Waals surface area contributed by atoms with E-state index >= 15 is 0 Å². The van der Waals surface area contributed by atoms with E-state index in [1.807, 2.05) is 25.1 Å². The SMILES string of the molecule is Cc1cccc2c(N)c(C(=O)NCCCS(C)(=O)=O)sc12. The van der Waals surface area contributed by atoms with E-state index in [0.29, 0.717) is 23.5 Å². The largest absolute Gasteiger partial charge is 0.397 e. The molecule has 2 rings (SSSR count). The molecule has 21 heavy (non-hydrogen) atoms. The lowest BCUT2D eigenvalue weighted by atomic mass is 10.1. The molecular formula is C14H18N2O3S2. The number of nitrogen functional groups attached to an aromatic ring is 1. The van der Waals surface area contributed by atoms with Crippen LogP contribution in [0, 0.1) is 6.92 Å². The van der Waals surface area contributed by atoms with Crippen LogP contribution in [0.2, 0.25) is 0 Å². The Labute approximate surface area is 128 Å². The summed E-state index contributed by atoms with van der Waals surface area (Å²) in [6.45, 7) is 2.30. The fourth-order valence-electron chi connectivity index (χ4n) is 2.06. The summed E-state index contributed by atoms with van der Waals surface area (Å²) in [5.41, 5.74) is 7.61. The number of carbonyl (C=O) groups is 1. The smallest absolute Gasteiger partial charge is 0.263 e. The van der Waals surface area contributed by atoms with Gasteiger partial charge in [-0.3, -0.25) is 4.79 Å². The summed E-state index contributed by atoms with van der Waals surface area (Å²) in [7, 11) is -2.99. The third-order valence-corrected chi connectivity index (χ3v) is 5.52. The number of sulfone groups is 1. The highest BCUT2D eigenvalue weighted by molar-refractivity contribution is 7.90. The summed E-state index contributed by atoms with van der Waals surface area (Å²) >= 11 is 1.37. The quantitative estimate of drug-likeness (QED) is 0.822. The molecule has 2 aromatic rings. The van der Waals surface area contributed by atoms with Crippen molar-refractivity contribution in [1.82, 2.24) is 5.32 Å². The minimum Gasteiger partial charge on any atom is -0.397 e. The van der Waals surface area contributed by atoms with Gasteiger partial charge in [0.1, 0.15) is 14.7 Å². The predicted molar refractivity (Wildman–Crippen MR) is 87.6 cm³/mol. The van der Waals surface area contributed by atoms with Crippen LogP contribution in [0.15, 0.2) is 18.2 Å². The minimum atomic E-state index is -2.99. The zero-order valence-corrected chi connectivity index (χ0v) is 13.6. The highest BCUT2D eigenvalue weighted by Gasteiger charge is 2.16. The molecule has 0 aliphatic rings. The van der Waals surface area contributed by atoms with Crippen molar-refractivity contribution < 1.29 is 13.2 Å². The second-order valence-electron chi connectivity index (χ2n) is 5.04. The maximum Gasteiger partial charge on any atom is 0.263 e. The second kappa shape index (κ2) is 6.03. The molecule has 0 atom stereocenters. The number of hydrogen-bond acceptors (Lipinski definition) is 5. The number of hydrogen-bond donors (Lipinski definition) is 2. The summed E-state index contributed by atoms with van der Waals surface area (Å²) in [5, 5.41) is 3.61. The van der Waals surface area contributed by atoms with Gasteiger partial charge in [0.25, 0.3) is 5.91 Å². The summed E-state index contributed by atoms with van der Waals surface area (Å²) in [6.07, 6.45) is 1.58. The Bertz CT molecular complexity index is 779. The Balaban J connectivity index is 2.10. The number of benzene rings is 1. The van der Waals surface area contributed by atoms with Crippen molar-refractivity contribution in [2.45, 2.75) is 13.3 Å². The van der Waals surface area contributed by atoms with E-state index in [1.54, 1.807) is 0 Å². The van der Waals surface area contributed by atoms with Gasteiger partial charge in [-0.1, -0.05) is 18.2 Å². The maximum atomic E-state index is 12.1. The second-order valence-corrected chi connectivity index (χ2v) is 8.32. The third kappa shape index (κ3) is 3.74. The first-order valence-corrected chi connectivity index (χ1v) is 9.41. The first-order valence-electron chi connectivity index (χ1n) is 6.53. The molecule has 7 heteroatoms. The molecule has 0 saturated heterocycles. The van der Waals surface area contributed by atoms with Gasteiger partial charge in [-0.15, -0.1) is 11.3 Å². The summed E-state index contributed by atoms with van der Waals surface area (Å²) < 4.78 is 23.1. The third-order valence-electron chi connectivity index (χ3n) is 3.13. The van der Waals surface area contributed by atoms with Gasteiger partial charge >= 0.3 is 0 Å². The molecule has 0 radical (unpaired) electrons. The Morgan fingerprint density at radius 3 is 2.71 bits per heavy atom. The van der Waals surface area contributed by atoms with Crippen LogP contribution in [-0.4, -0.2) is 32.9 Å². The Kier molecular flexibility index (Phi) is 4.53. The molecule has 0 saturated carbocycles. The van der Waals surface area contributed by atoms with Crippen LogP contribution >= 0.6 is 11.3 Å². The van der Waals surface area contributed by atoms with E-state index in [0.717, 1.165) is 15.6 Å². The van der Waals surface area contributed by atoms with Crippen LogP contribution in [-0.2, 0) is 9.84 Å². The standard InChI is InChI=1S/C14H18N2O3S2/c1-9-5-3-6-10-11(15)13(20-12(9)10)14(17)16-7-4-8-21(2,18)19/h3,5-6H,4,7-8,15H2,1-2H3,(H,16,17). The molecule has 1 aromatic heterocycles. The number of nitrogens with two attached hydrogens (primary N) is 1. The molecule has 3 N–H and O–H groups in total. The summed E-state index contributed by atoms with van der Waals surface area (Å²) in [4.78, 5) is 12.6. The molecule has 0 unspecified atom stereocenters. The first kappa shape index (κ1) is 15.8. The Morgan fingerprint density at radius 1 is 1.38 bits per heavy atom. The number of rotatable bonds is 5. The molecule has 0 aliphatic carbocycles. The van der Waals surface area contributed by atoms with Gasteiger partial charge < -0.3 is 11.1 Å². The van der Waals surface area contributed by atoms with Crippen molar-refractivity contribution in [2.24, 2.45) is 0 Å². The van der Waals surface area contributed by atoms with Gasteiger partial charge in [0.05, 0.1) is 11.4 Å². The molecule has 5 nitrogen and oxygen atoms in total. The van der Waals surface area contributed by atoms with Crippen molar-refractivity contribution in [3.8, 4) is 0 Å². The van der Waals surface area contributed by atoms with Crippen LogP contribution in [0.4, 0.5) is 5.69 Å². The lowest BCUT2D eigenvalue weighted by Crippen LogP contribution is -2.25.